The molecule has 1 saturated heterocycles. The second kappa shape index (κ2) is 5.91. The molecule has 0 N–H and O–H groups in total. The van der Waals surface area contributed by atoms with Crippen LogP contribution in [0.15, 0.2) is 30.3 Å². The average molecular weight is 301 g/mol. The summed E-state index contributed by atoms with van der Waals surface area (Å²) in [4.78, 5) is 38.2. The van der Waals surface area contributed by atoms with Crippen LogP contribution in [-0.4, -0.2) is 34.8 Å². The monoisotopic (exact) mass is 301 g/mol. The lowest BCUT2D eigenvalue weighted by Crippen LogP contribution is -2.46. The molecule has 1 heterocycles. The second-order valence-electron chi connectivity index (χ2n) is 5.93. The van der Waals surface area contributed by atoms with Crippen LogP contribution >= 0.6 is 0 Å². The summed E-state index contributed by atoms with van der Waals surface area (Å²) < 4.78 is 5.29. The van der Waals surface area contributed by atoms with Gasteiger partial charge in [-0.1, -0.05) is 36.8 Å². The number of hydrogen-bond donors (Lipinski definition) is 0. The molecule has 0 unspecified atom stereocenters. The summed E-state index contributed by atoms with van der Waals surface area (Å²) in [6.07, 6.45) is 2.73. The fourth-order valence-electron chi connectivity index (χ4n) is 3.26. The Morgan fingerprint density at radius 2 is 1.86 bits per heavy atom. The fourth-order valence-corrected chi connectivity index (χ4v) is 3.26. The number of hydrogen-bond acceptors (Lipinski definition) is 4. The van der Waals surface area contributed by atoms with E-state index in [0.29, 0.717) is 5.56 Å². The zero-order chi connectivity index (χ0) is 15.7. The zero-order valence-corrected chi connectivity index (χ0v) is 12.5. The smallest absolute Gasteiger partial charge is 0.417 e. The number of benzene rings is 1. The standard InChI is InChI=1S/C17H19NO4/c1-11(15(19)12-7-3-2-4-8-12)16(20)18-13-9-5-6-10-14(13)22-17(18)21/h2-4,7-8,11,13-14H,5-6,9-10H2,1H3/t11-,13-,14-/m0/s1. The summed E-state index contributed by atoms with van der Waals surface area (Å²) in [7, 11) is 0. The van der Waals surface area contributed by atoms with Crippen molar-refractivity contribution in [2.45, 2.75) is 44.8 Å². The molecule has 116 valence electrons. The number of carbonyl (C=O) groups excluding carboxylic acids is 3. The van der Waals surface area contributed by atoms with E-state index in [2.05, 4.69) is 0 Å². The van der Waals surface area contributed by atoms with Gasteiger partial charge in [0.2, 0.25) is 5.91 Å². The van der Waals surface area contributed by atoms with E-state index >= 15 is 0 Å². The van der Waals surface area contributed by atoms with E-state index in [-0.39, 0.29) is 17.9 Å². The molecular weight excluding hydrogens is 282 g/mol. The van der Waals surface area contributed by atoms with Gasteiger partial charge >= 0.3 is 6.09 Å². The first kappa shape index (κ1) is 14.8. The lowest BCUT2D eigenvalue weighted by atomic mass is 9.91. The fraction of sp³-hybridized carbons (Fsp3) is 0.471. The molecule has 1 aliphatic carbocycles. The largest absolute Gasteiger partial charge is 0.444 e. The van der Waals surface area contributed by atoms with Gasteiger partial charge in [0.25, 0.3) is 0 Å². The van der Waals surface area contributed by atoms with Gasteiger partial charge in [-0.3, -0.25) is 9.59 Å². The molecule has 2 aliphatic rings. The molecule has 3 rings (SSSR count). The van der Waals surface area contributed by atoms with Gasteiger partial charge in [-0.2, -0.15) is 0 Å². The maximum absolute atomic E-state index is 12.6. The predicted octanol–water partition coefficient (Wildman–Crippen LogP) is 2.80. The number of nitrogens with zero attached hydrogens (tertiary/aromatic N) is 1. The lowest BCUT2D eigenvalue weighted by molar-refractivity contribution is -0.131. The van der Waals surface area contributed by atoms with Crippen molar-refractivity contribution < 1.29 is 19.1 Å². The molecule has 0 aromatic heterocycles. The van der Waals surface area contributed by atoms with Gasteiger partial charge in [0.15, 0.2) is 5.78 Å². The molecule has 0 bridgehead atoms. The molecule has 5 heteroatoms. The number of Topliss-reactive ketones (excluding diaryl/α,β-unsaturated/α-hetero) is 1. The number of ether oxygens (including phenoxy) is 1. The molecule has 1 saturated carbocycles. The third-order valence-electron chi connectivity index (χ3n) is 4.51. The molecule has 5 nitrogen and oxygen atoms in total. The molecule has 1 aliphatic heterocycles. The Morgan fingerprint density at radius 1 is 1.18 bits per heavy atom. The molecule has 1 aromatic carbocycles. The topological polar surface area (TPSA) is 63.7 Å². The normalized spacial score (nSPS) is 25.3. The number of amides is 2. The van der Waals surface area contributed by atoms with Crippen molar-refractivity contribution in [3.63, 3.8) is 0 Å². The van der Waals surface area contributed by atoms with E-state index in [9.17, 15) is 14.4 Å². The van der Waals surface area contributed by atoms with E-state index in [0.717, 1.165) is 25.7 Å². The van der Waals surface area contributed by atoms with Crippen molar-refractivity contribution in [3.05, 3.63) is 35.9 Å². The van der Waals surface area contributed by atoms with Crippen molar-refractivity contribution >= 4 is 17.8 Å². The van der Waals surface area contributed by atoms with E-state index in [1.807, 2.05) is 6.07 Å². The Bertz CT molecular complexity index is 598. The Morgan fingerprint density at radius 3 is 2.59 bits per heavy atom. The van der Waals surface area contributed by atoms with Crippen LogP contribution in [0.4, 0.5) is 4.79 Å². The molecular formula is C17H19NO4. The first-order valence-corrected chi connectivity index (χ1v) is 7.72. The van der Waals surface area contributed by atoms with Gasteiger partial charge in [0, 0.05) is 5.56 Å². The lowest BCUT2D eigenvalue weighted by Gasteiger charge is -2.28. The van der Waals surface area contributed by atoms with Crippen LogP contribution in [0.5, 0.6) is 0 Å². The Hall–Kier alpha value is -2.17. The van der Waals surface area contributed by atoms with Gasteiger partial charge in [-0.15, -0.1) is 0 Å². The van der Waals surface area contributed by atoms with Crippen LogP contribution in [0.2, 0.25) is 0 Å². The summed E-state index contributed by atoms with van der Waals surface area (Å²) in [6.45, 7) is 1.56. The third kappa shape index (κ3) is 2.51. The predicted molar refractivity (Wildman–Crippen MR) is 79.3 cm³/mol. The van der Waals surface area contributed by atoms with Crippen molar-refractivity contribution in [1.82, 2.24) is 4.90 Å². The zero-order valence-electron chi connectivity index (χ0n) is 12.5. The Kier molecular flexibility index (Phi) is 3.96. The molecule has 2 amide bonds. The maximum Gasteiger partial charge on any atom is 0.417 e. The van der Waals surface area contributed by atoms with E-state index in [1.54, 1.807) is 31.2 Å². The van der Waals surface area contributed by atoms with E-state index < -0.39 is 17.9 Å². The summed E-state index contributed by atoms with van der Waals surface area (Å²) in [5, 5.41) is 0. The van der Waals surface area contributed by atoms with Crippen LogP contribution in [-0.2, 0) is 9.53 Å². The molecule has 0 radical (unpaired) electrons. The Labute approximate surface area is 129 Å². The van der Waals surface area contributed by atoms with E-state index in [4.69, 9.17) is 4.74 Å². The maximum atomic E-state index is 12.6. The van der Waals surface area contributed by atoms with Gasteiger partial charge in [-0.05, 0) is 26.2 Å². The van der Waals surface area contributed by atoms with Gasteiger partial charge < -0.3 is 4.74 Å². The van der Waals surface area contributed by atoms with Crippen molar-refractivity contribution in [2.24, 2.45) is 5.92 Å². The molecule has 0 spiro atoms. The van der Waals surface area contributed by atoms with Crippen LogP contribution in [0.1, 0.15) is 43.0 Å². The van der Waals surface area contributed by atoms with Crippen molar-refractivity contribution in [2.75, 3.05) is 0 Å². The first-order chi connectivity index (χ1) is 10.6. The number of ketones is 1. The van der Waals surface area contributed by atoms with E-state index in [1.165, 1.54) is 4.90 Å². The average Bonchev–Trinajstić information content (AvgIpc) is 2.89. The summed E-state index contributed by atoms with van der Waals surface area (Å²) in [6, 6.07) is 8.47. The third-order valence-corrected chi connectivity index (χ3v) is 4.51. The highest BCUT2D eigenvalue weighted by Crippen LogP contribution is 2.33. The summed E-state index contributed by atoms with van der Waals surface area (Å²) in [5.74, 6) is -1.60. The highest BCUT2D eigenvalue weighted by Gasteiger charge is 2.47. The second-order valence-corrected chi connectivity index (χ2v) is 5.93. The van der Waals surface area contributed by atoms with Gasteiger partial charge in [-0.25, -0.2) is 9.69 Å². The van der Waals surface area contributed by atoms with Crippen molar-refractivity contribution in [3.8, 4) is 0 Å². The van der Waals surface area contributed by atoms with Crippen LogP contribution < -0.4 is 0 Å². The number of fused-ring (bicyclic) bond motifs is 1. The highest BCUT2D eigenvalue weighted by atomic mass is 16.6. The summed E-state index contributed by atoms with van der Waals surface area (Å²) in [5.41, 5.74) is 0.483. The van der Waals surface area contributed by atoms with Crippen LogP contribution in [0.25, 0.3) is 0 Å². The quantitative estimate of drug-likeness (QED) is 0.636. The SMILES string of the molecule is C[C@@H](C(=O)c1ccccc1)C(=O)N1C(=O)O[C@H]2CCCC[C@@H]21. The minimum absolute atomic E-state index is 0.204. The van der Waals surface area contributed by atoms with Gasteiger partial charge in [0.05, 0.1) is 12.0 Å². The van der Waals surface area contributed by atoms with Crippen LogP contribution in [0.3, 0.4) is 0 Å². The minimum atomic E-state index is -0.879. The molecule has 22 heavy (non-hydrogen) atoms. The van der Waals surface area contributed by atoms with Crippen LogP contribution in [0, 0.1) is 5.92 Å². The molecule has 1 aromatic rings. The number of imide groups is 1. The Balaban J connectivity index is 1.78. The van der Waals surface area contributed by atoms with Gasteiger partial charge in [0.1, 0.15) is 6.10 Å². The number of carbonyl (C=O) groups is 3. The molecule has 3 atom stereocenters. The first-order valence-electron chi connectivity index (χ1n) is 7.72. The highest BCUT2D eigenvalue weighted by molar-refractivity contribution is 6.12. The molecule has 2 fully saturated rings. The van der Waals surface area contributed by atoms with Crippen molar-refractivity contribution in [1.29, 1.82) is 0 Å². The minimum Gasteiger partial charge on any atom is -0.444 e. The summed E-state index contributed by atoms with van der Waals surface area (Å²) >= 11 is 0. The number of rotatable bonds is 3.